The van der Waals surface area contributed by atoms with Crippen LogP contribution in [0.2, 0.25) is 5.02 Å². The molecule has 6 nitrogen and oxygen atoms in total. The minimum Gasteiger partial charge on any atom is -0.489 e. The molecule has 10 heteroatoms. The SMILES string of the molecule is N#CCc1ccc(OCc2ccccc2NC(=O)c2cnc(OCC(F)(F)F)c(Cl)c2)cc1. The van der Waals surface area contributed by atoms with Crippen LogP contribution >= 0.6 is 11.6 Å². The number of nitrogens with one attached hydrogen (secondary N) is 1. The number of amides is 1. The van der Waals surface area contributed by atoms with Gasteiger partial charge in [0, 0.05) is 17.4 Å². The molecule has 0 atom stereocenters. The normalized spacial score (nSPS) is 10.9. The summed E-state index contributed by atoms with van der Waals surface area (Å²) >= 11 is 5.91. The van der Waals surface area contributed by atoms with Gasteiger partial charge < -0.3 is 14.8 Å². The fourth-order valence-corrected chi connectivity index (χ4v) is 2.95. The Morgan fingerprint density at radius 1 is 1.12 bits per heavy atom. The predicted octanol–water partition coefficient (Wildman–Crippen LogP) is 5.57. The van der Waals surface area contributed by atoms with Gasteiger partial charge in [-0.2, -0.15) is 18.4 Å². The zero-order valence-corrected chi connectivity index (χ0v) is 17.8. The molecule has 0 unspecified atom stereocenters. The largest absolute Gasteiger partial charge is 0.489 e. The summed E-state index contributed by atoms with van der Waals surface area (Å²) in [5.74, 6) is -0.372. The van der Waals surface area contributed by atoms with E-state index in [9.17, 15) is 18.0 Å². The van der Waals surface area contributed by atoms with Crippen molar-refractivity contribution in [2.45, 2.75) is 19.2 Å². The molecule has 0 spiro atoms. The van der Waals surface area contributed by atoms with E-state index < -0.39 is 24.6 Å². The second-order valence-electron chi connectivity index (χ2n) is 6.79. The summed E-state index contributed by atoms with van der Waals surface area (Å²) in [6.45, 7) is -1.38. The maximum Gasteiger partial charge on any atom is 0.422 e. The molecule has 0 saturated carbocycles. The summed E-state index contributed by atoms with van der Waals surface area (Å²) in [4.78, 5) is 16.3. The molecular weight excluding hydrogens is 459 g/mol. The second kappa shape index (κ2) is 10.7. The highest BCUT2D eigenvalue weighted by molar-refractivity contribution is 6.32. The van der Waals surface area contributed by atoms with Gasteiger partial charge in [0.25, 0.3) is 5.91 Å². The third-order valence-corrected chi connectivity index (χ3v) is 4.58. The Balaban J connectivity index is 1.65. The third-order valence-electron chi connectivity index (χ3n) is 4.31. The van der Waals surface area contributed by atoms with Crippen LogP contribution in [0.5, 0.6) is 11.6 Å². The van der Waals surface area contributed by atoms with Crippen molar-refractivity contribution < 1.29 is 27.4 Å². The number of para-hydroxylation sites is 1. The molecule has 1 heterocycles. The van der Waals surface area contributed by atoms with Crippen LogP contribution in [0.1, 0.15) is 21.5 Å². The van der Waals surface area contributed by atoms with Gasteiger partial charge in [0.05, 0.1) is 18.1 Å². The van der Waals surface area contributed by atoms with Gasteiger partial charge in [0.2, 0.25) is 5.88 Å². The maximum absolute atomic E-state index is 12.6. The number of carbonyl (C=O) groups is 1. The standard InChI is InChI=1S/C23H17ClF3N3O3/c24-19-11-17(12-29-22(19)33-14-23(25,26)27)21(31)30-20-4-2-1-3-16(20)13-32-18-7-5-15(6-8-18)9-10-28/h1-8,11-12H,9,13-14H2,(H,30,31). The van der Waals surface area contributed by atoms with Gasteiger partial charge >= 0.3 is 6.18 Å². The molecule has 3 aromatic rings. The summed E-state index contributed by atoms with van der Waals surface area (Å²) in [6.07, 6.45) is -3.15. The Kier molecular flexibility index (Phi) is 7.74. The number of carbonyl (C=O) groups excluding carboxylic acids is 1. The Morgan fingerprint density at radius 3 is 2.52 bits per heavy atom. The topological polar surface area (TPSA) is 84.2 Å². The van der Waals surface area contributed by atoms with Crippen molar-refractivity contribution in [1.29, 1.82) is 5.26 Å². The van der Waals surface area contributed by atoms with Crippen molar-refractivity contribution >= 4 is 23.2 Å². The van der Waals surface area contributed by atoms with E-state index in [-0.39, 0.29) is 17.2 Å². The van der Waals surface area contributed by atoms with Gasteiger partial charge in [-0.25, -0.2) is 4.98 Å². The molecule has 0 fully saturated rings. The number of pyridine rings is 1. The van der Waals surface area contributed by atoms with Crippen molar-refractivity contribution in [2.24, 2.45) is 0 Å². The molecular formula is C23H17ClF3N3O3. The van der Waals surface area contributed by atoms with Crippen LogP contribution in [-0.4, -0.2) is 23.7 Å². The van der Waals surface area contributed by atoms with Crippen molar-refractivity contribution in [1.82, 2.24) is 4.98 Å². The van der Waals surface area contributed by atoms with Crippen molar-refractivity contribution in [3.63, 3.8) is 0 Å². The van der Waals surface area contributed by atoms with E-state index >= 15 is 0 Å². The number of ether oxygens (including phenoxy) is 2. The van der Waals surface area contributed by atoms with E-state index in [1.54, 1.807) is 48.5 Å². The van der Waals surface area contributed by atoms with Crippen molar-refractivity contribution in [3.8, 4) is 17.7 Å². The lowest BCUT2D eigenvalue weighted by Gasteiger charge is -2.13. The van der Waals surface area contributed by atoms with Crippen LogP contribution in [-0.2, 0) is 13.0 Å². The minimum absolute atomic E-state index is 0.0446. The molecule has 0 saturated heterocycles. The first kappa shape index (κ1) is 23.9. The van der Waals surface area contributed by atoms with E-state index in [0.29, 0.717) is 23.4 Å². The van der Waals surface area contributed by atoms with Crippen LogP contribution in [0.15, 0.2) is 60.8 Å². The Hall–Kier alpha value is -3.77. The number of halogens is 4. The summed E-state index contributed by atoms with van der Waals surface area (Å²) in [7, 11) is 0. The predicted molar refractivity (Wildman–Crippen MR) is 115 cm³/mol. The van der Waals surface area contributed by atoms with Crippen LogP contribution in [0.3, 0.4) is 0 Å². The fourth-order valence-electron chi connectivity index (χ4n) is 2.72. The molecule has 0 aliphatic rings. The maximum atomic E-state index is 12.6. The third kappa shape index (κ3) is 7.12. The first-order valence-corrected chi connectivity index (χ1v) is 9.96. The smallest absolute Gasteiger partial charge is 0.422 e. The van der Waals surface area contributed by atoms with Gasteiger partial charge in [-0.05, 0) is 29.8 Å². The zero-order chi connectivity index (χ0) is 23.8. The number of nitriles is 1. The summed E-state index contributed by atoms with van der Waals surface area (Å²) < 4.78 is 47.2. The monoisotopic (exact) mass is 475 g/mol. The van der Waals surface area contributed by atoms with E-state index in [1.807, 2.05) is 0 Å². The van der Waals surface area contributed by atoms with Crippen LogP contribution in [0.4, 0.5) is 18.9 Å². The molecule has 1 N–H and O–H groups in total. The van der Waals surface area contributed by atoms with Crippen LogP contribution in [0.25, 0.3) is 0 Å². The highest BCUT2D eigenvalue weighted by Crippen LogP contribution is 2.26. The van der Waals surface area contributed by atoms with E-state index in [0.717, 1.165) is 11.8 Å². The van der Waals surface area contributed by atoms with Crippen molar-refractivity contribution in [2.75, 3.05) is 11.9 Å². The van der Waals surface area contributed by atoms with Crippen LogP contribution in [0, 0.1) is 11.3 Å². The Labute approximate surface area is 192 Å². The van der Waals surface area contributed by atoms with Crippen molar-refractivity contribution in [3.05, 3.63) is 82.5 Å². The molecule has 33 heavy (non-hydrogen) atoms. The minimum atomic E-state index is -4.54. The average Bonchev–Trinajstić information content (AvgIpc) is 2.78. The number of anilines is 1. The number of benzene rings is 2. The highest BCUT2D eigenvalue weighted by Gasteiger charge is 2.29. The number of hydrogen-bond acceptors (Lipinski definition) is 5. The van der Waals surface area contributed by atoms with Gasteiger partial charge in [-0.15, -0.1) is 0 Å². The van der Waals surface area contributed by atoms with Gasteiger partial charge in [-0.3, -0.25) is 4.79 Å². The molecule has 0 bridgehead atoms. The molecule has 0 aliphatic heterocycles. The number of nitrogens with zero attached hydrogens (tertiary/aromatic N) is 2. The molecule has 1 amide bonds. The molecule has 0 aliphatic carbocycles. The van der Waals surface area contributed by atoms with E-state index in [2.05, 4.69) is 21.1 Å². The van der Waals surface area contributed by atoms with Gasteiger partial charge in [0.1, 0.15) is 17.4 Å². The highest BCUT2D eigenvalue weighted by atomic mass is 35.5. The fraction of sp³-hybridized carbons (Fsp3) is 0.174. The Morgan fingerprint density at radius 2 is 1.85 bits per heavy atom. The lowest BCUT2D eigenvalue weighted by Crippen LogP contribution is -2.20. The molecule has 1 aromatic heterocycles. The first-order valence-electron chi connectivity index (χ1n) is 9.58. The number of aromatic nitrogens is 1. The number of rotatable bonds is 8. The molecule has 170 valence electrons. The number of hydrogen-bond donors (Lipinski definition) is 1. The van der Waals surface area contributed by atoms with E-state index in [4.69, 9.17) is 21.6 Å². The molecule has 3 rings (SSSR count). The zero-order valence-electron chi connectivity index (χ0n) is 17.0. The molecule has 2 aromatic carbocycles. The molecule has 0 radical (unpaired) electrons. The first-order chi connectivity index (χ1) is 15.7. The van der Waals surface area contributed by atoms with Crippen LogP contribution < -0.4 is 14.8 Å². The van der Waals surface area contributed by atoms with Gasteiger partial charge in [0.15, 0.2) is 6.61 Å². The quantitative estimate of drug-likeness (QED) is 0.460. The lowest BCUT2D eigenvalue weighted by molar-refractivity contribution is -0.154. The summed E-state index contributed by atoms with van der Waals surface area (Å²) in [5, 5.41) is 11.2. The lowest BCUT2D eigenvalue weighted by atomic mass is 10.1. The summed E-state index contributed by atoms with van der Waals surface area (Å²) in [6, 6.07) is 17.3. The van der Waals surface area contributed by atoms with E-state index in [1.165, 1.54) is 6.07 Å². The number of alkyl halides is 3. The summed E-state index contributed by atoms with van der Waals surface area (Å²) in [5.41, 5.74) is 2.09. The Bertz CT molecular complexity index is 1160. The average molecular weight is 476 g/mol. The second-order valence-corrected chi connectivity index (χ2v) is 7.20. The van der Waals surface area contributed by atoms with Gasteiger partial charge in [-0.1, -0.05) is 41.9 Å².